The predicted molar refractivity (Wildman–Crippen MR) is 92.1 cm³/mol. The number of rotatable bonds is 1. The molecular formula is C19H12N4. The zero-order valence-corrected chi connectivity index (χ0v) is 12.2. The van der Waals surface area contributed by atoms with E-state index in [4.69, 9.17) is 0 Å². The maximum atomic E-state index is 4.50. The predicted octanol–water partition coefficient (Wildman–Crippen LogP) is 4.33. The fourth-order valence-electron chi connectivity index (χ4n) is 3.14. The Hall–Kier alpha value is -3.27. The third-order valence-electron chi connectivity index (χ3n) is 4.22. The molecule has 2 aromatic heterocycles. The van der Waals surface area contributed by atoms with Crippen LogP contribution in [0.2, 0.25) is 0 Å². The summed E-state index contributed by atoms with van der Waals surface area (Å²) in [6.07, 6.45) is 3.22. The van der Waals surface area contributed by atoms with Crippen LogP contribution in [0.5, 0.6) is 0 Å². The molecule has 0 saturated carbocycles. The van der Waals surface area contributed by atoms with Gasteiger partial charge in [-0.2, -0.15) is 0 Å². The van der Waals surface area contributed by atoms with Crippen LogP contribution >= 0.6 is 0 Å². The van der Waals surface area contributed by atoms with E-state index in [-0.39, 0.29) is 0 Å². The Morgan fingerprint density at radius 2 is 1.57 bits per heavy atom. The van der Waals surface area contributed by atoms with E-state index in [2.05, 4.69) is 74.5 Å². The van der Waals surface area contributed by atoms with Crippen molar-refractivity contribution in [2.45, 2.75) is 0 Å². The molecule has 1 N–H and O–H groups in total. The summed E-state index contributed by atoms with van der Waals surface area (Å²) in [6.45, 7) is 0. The number of hydrogen-bond acceptors (Lipinski definition) is 3. The second-order valence-electron chi connectivity index (χ2n) is 5.55. The third kappa shape index (κ3) is 1.82. The highest BCUT2D eigenvalue weighted by Gasteiger charge is 2.11. The average molecular weight is 296 g/mol. The van der Waals surface area contributed by atoms with Crippen LogP contribution in [0.15, 0.2) is 67.3 Å². The van der Waals surface area contributed by atoms with E-state index in [0.717, 1.165) is 16.8 Å². The van der Waals surface area contributed by atoms with Gasteiger partial charge in [0.2, 0.25) is 0 Å². The van der Waals surface area contributed by atoms with Crippen molar-refractivity contribution in [3.63, 3.8) is 0 Å². The SMILES string of the molecule is c1ccc2cc3c(-c4ncnc5nc[nH]c45)cccc3cc2c1. The Labute approximate surface area is 131 Å². The fraction of sp³-hybridized carbons (Fsp3) is 0. The average Bonchev–Trinajstić information content (AvgIpc) is 3.08. The van der Waals surface area contributed by atoms with Gasteiger partial charge in [-0.1, -0.05) is 42.5 Å². The Morgan fingerprint density at radius 1 is 0.739 bits per heavy atom. The van der Waals surface area contributed by atoms with Gasteiger partial charge in [0.1, 0.15) is 17.5 Å². The Balaban J connectivity index is 1.91. The highest BCUT2D eigenvalue weighted by molar-refractivity contribution is 6.06. The minimum absolute atomic E-state index is 0.688. The van der Waals surface area contributed by atoms with Crippen molar-refractivity contribution >= 4 is 32.7 Å². The van der Waals surface area contributed by atoms with E-state index in [1.807, 2.05) is 0 Å². The van der Waals surface area contributed by atoms with E-state index in [0.29, 0.717) is 5.65 Å². The standard InChI is InChI=1S/C19H12N4/c1-2-5-13-9-16-14(8-12(13)4-1)6-3-7-15(16)17-18-19(22-10-20-17)23-11-21-18/h1-11H,(H,20,21,22,23). The molecule has 0 amide bonds. The maximum Gasteiger partial charge on any atom is 0.181 e. The van der Waals surface area contributed by atoms with Crippen molar-refractivity contribution in [1.29, 1.82) is 0 Å². The van der Waals surface area contributed by atoms with E-state index < -0.39 is 0 Å². The number of nitrogens with one attached hydrogen (secondary N) is 1. The lowest BCUT2D eigenvalue weighted by Crippen LogP contribution is -1.90. The molecule has 0 saturated heterocycles. The monoisotopic (exact) mass is 296 g/mol. The van der Waals surface area contributed by atoms with Gasteiger partial charge in [0.25, 0.3) is 0 Å². The first kappa shape index (κ1) is 12.3. The lowest BCUT2D eigenvalue weighted by molar-refractivity contribution is 1.20. The number of benzene rings is 3. The van der Waals surface area contributed by atoms with E-state index in [9.17, 15) is 0 Å². The van der Waals surface area contributed by atoms with E-state index in [1.54, 1.807) is 12.7 Å². The van der Waals surface area contributed by atoms with Crippen LogP contribution in [0.4, 0.5) is 0 Å². The van der Waals surface area contributed by atoms with Gasteiger partial charge in [-0.05, 0) is 33.7 Å². The number of fused-ring (bicyclic) bond motifs is 3. The molecule has 4 heteroatoms. The minimum Gasteiger partial charge on any atom is -0.341 e. The van der Waals surface area contributed by atoms with Gasteiger partial charge in [0.05, 0.1) is 6.33 Å². The summed E-state index contributed by atoms with van der Waals surface area (Å²) in [5, 5.41) is 4.85. The van der Waals surface area contributed by atoms with Crippen molar-refractivity contribution in [3.05, 3.63) is 67.3 Å². The first-order valence-corrected chi connectivity index (χ1v) is 7.46. The van der Waals surface area contributed by atoms with E-state index in [1.165, 1.54) is 21.5 Å². The summed E-state index contributed by atoms with van der Waals surface area (Å²) in [4.78, 5) is 16.1. The van der Waals surface area contributed by atoms with Crippen LogP contribution in [0.1, 0.15) is 0 Å². The van der Waals surface area contributed by atoms with Crippen molar-refractivity contribution in [3.8, 4) is 11.3 Å². The molecule has 0 aliphatic carbocycles. The van der Waals surface area contributed by atoms with Crippen LogP contribution in [0.25, 0.3) is 44.0 Å². The topological polar surface area (TPSA) is 54.5 Å². The summed E-state index contributed by atoms with van der Waals surface area (Å²) < 4.78 is 0. The van der Waals surface area contributed by atoms with Crippen LogP contribution in [0.3, 0.4) is 0 Å². The zero-order chi connectivity index (χ0) is 15.2. The van der Waals surface area contributed by atoms with E-state index >= 15 is 0 Å². The van der Waals surface area contributed by atoms with Crippen LogP contribution < -0.4 is 0 Å². The third-order valence-corrected chi connectivity index (χ3v) is 4.22. The quantitative estimate of drug-likeness (QED) is 0.468. The van der Waals surface area contributed by atoms with Crippen LogP contribution in [-0.4, -0.2) is 19.9 Å². The summed E-state index contributed by atoms with van der Waals surface area (Å²) in [5.74, 6) is 0. The smallest absolute Gasteiger partial charge is 0.181 e. The van der Waals surface area contributed by atoms with Crippen molar-refractivity contribution in [1.82, 2.24) is 19.9 Å². The van der Waals surface area contributed by atoms with Gasteiger partial charge < -0.3 is 4.98 Å². The van der Waals surface area contributed by atoms with Crippen LogP contribution in [-0.2, 0) is 0 Å². The first-order valence-electron chi connectivity index (χ1n) is 7.46. The van der Waals surface area contributed by atoms with Crippen molar-refractivity contribution in [2.24, 2.45) is 0 Å². The molecule has 0 spiro atoms. The van der Waals surface area contributed by atoms with Crippen molar-refractivity contribution < 1.29 is 0 Å². The molecule has 0 unspecified atom stereocenters. The van der Waals surface area contributed by atoms with Gasteiger partial charge in [-0.3, -0.25) is 0 Å². The molecule has 0 atom stereocenters. The molecule has 4 nitrogen and oxygen atoms in total. The molecule has 23 heavy (non-hydrogen) atoms. The van der Waals surface area contributed by atoms with Gasteiger partial charge in [-0.25, -0.2) is 15.0 Å². The molecule has 0 aliphatic heterocycles. The van der Waals surface area contributed by atoms with Gasteiger partial charge in [-0.15, -0.1) is 0 Å². The first-order chi connectivity index (χ1) is 11.4. The second kappa shape index (κ2) is 4.61. The Bertz CT molecular complexity index is 1170. The number of H-pyrrole nitrogens is 1. The largest absolute Gasteiger partial charge is 0.341 e. The molecule has 0 aliphatic rings. The summed E-state index contributed by atoms with van der Waals surface area (Å²) in [5.41, 5.74) is 3.53. The highest BCUT2D eigenvalue weighted by atomic mass is 15.0. The normalized spacial score (nSPS) is 11.5. The van der Waals surface area contributed by atoms with Gasteiger partial charge >= 0.3 is 0 Å². The minimum atomic E-state index is 0.688. The zero-order valence-electron chi connectivity index (χ0n) is 12.2. The fourth-order valence-corrected chi connectivity index (χ4v) is 3.14. The number of hydrogen-bond donors (Lipinski definition) is 1. The Kier molecular flexibility index (Phi) is 2.46. The lowest BCUT2D eigenvalue weighted by Gasteiger charge is -2.08. The van der Waals surface area contributed by atoms with Gasteiger partial charge in [0, 0.05) is 5.56 Å². The second-order valence-corrected chi connectivity index (χ2v) is 5.55. The molecule has 5 rings (SSSR count). The van der Waals surface area contributed by atoms with Gasteiger partial charge in [0.15, 0.2) is 5.65 Å². The number of aromatic nitrogens is 4. The summed E-state index contributed by atoms with van der Waals surface area (Å²) in [6, 6.07) is 19.2. The molecule has 0 bridgehead atoms. The molecule has 5 aromatic rings. The highest BCUT2D eigenvalue weighted by Crippen LogP contribution is 2.32. The number of nitrogens with zero attached hydrogens (tertiary/aromatic N) is 3. The molecule has 3 aromatic carbocycles. The molecule has 0 radical (unpaired) electrons. The number of imidazole rings is 1. The van der Waals surface area contributed by atoms with Crippen LogP contribution in [0, 0.1) is 0 Å². The summed E-state index contributed by atoms with van der Waals surface area (Å²) in [7, 11) is 0. The maximum absolute atomic E-state index is 4.50. The Morgan fingerprint density at radius 3 is 2.48 bits per heavy atom. The number of aromatic amines is 1. The molecule has 108 valence electrons. The summed E-state index contributed by atoms with van der Waals surface area (Å²) >= 11 is 0. The molecular weight excluding hydrogens is 284 g/mol. The molecule has 2 heterocycles. The molecule has 0 fully saturated rings. The lowest BCUT2D eigenvalue weighted by atomic mass is 9.98. The van der Waals surface area contributed by atoms with Crippen molar-refractivity contribution in [2.75, 3.05) is 0 Å².